The van der Waals surface area contributed by atoms with Crippen LogP contribution >= 0.6 is 15.9 Å². The number of rotatable bonds is 3. The molecular formula is C10H11BrN2O. The van der Waals surface area contributed by atoms with Gasteiger partial charge in [0.15, 0.2) is 0 Å². The number of hydrogen-bond acceptors (Lipinski definition) is 3. The molecule has 0 spiro atoms. The fraction of sp³-hybridized carbons (Fsp3) is 0.400. The van der Waals surface area contributed by atoms with Crippen molar-refractivity contribution in [1.29, 1.82) is 5.26 Å². The van der Waals surface area contributed by atoms with Crippen LogP contribution < -0.4 is 4.74 Å². The first kappa shape index (κ1) is 11.0. The van der Waals surface area contributed by atoms with E-state index in [1.165, 1.54) is 0 Å². The molecule has 0 saturated heterocycles. The van der Waals surface area contributed by atoms with Crippen molar-refractivity contribution in [2.45, 2.75) is 26.4 Å². The second-order valence-corrected chi connectivity index (χ2v) is 3.72. The van der Waals surface area contributed by atoms with Gasteiger partial charge in [-0.1, -0.05) is 6.92 Å². The first-order valence-electron chi connectivity index (χ1n) is 4.40. The zero-order valence-electron chi connectivity index (χ0n) is 8.12. The number of hydrogen-bond donors (Lipinski definition) is 0. The van der Waals surface area contributed by atoms with Crippen LogP contribution in [-0.4, -0.2) is 11.1 Å². The van der Waals surface area contributed by atoms with Crippen molar-refractivity contribution >= 4 is 15.9 Å². The van der Waals surface area contributed by atoms with Gasteiger partial charge in [-0.3, -0.25) is 0 Å². The minimum atomic E-state index is 0.104. The Morgan fingerprint density at radius 2 is 2.43 bits per heavy atom. The van der Waals surface area contributed by atoms with E-state index in [2.05, 4.69) is 27.0 Å². The third-order valence-corrected chi connectivity index (χ3v) is 2.63. The van der Waals surface area contributed by atoms with Gasteiger partial charge in [0, 0.05) is 6.20 Å². The van der Waals surface area contributed by atoms with Gasteiger partial charge in [-0.25, -0.2) is 4.98 Å². The molecule has 0 amide bonds. The molecule has 0 saturated carbocycles. The normalized spacial score (nSPS) is 11.9. The van der Waals surface area contributed by atoms with Gasteiger partial charge in [-0.15, -0.1) is 0 Å². The summed E-state index contributed by atoms with van der Waals surface area (Å²) in [6.07, 6.45) is 2.58. The molecule has 1 aromatic heterocycles. The maximum atomic E-state index is 8.77. The Labute approximate surface area is 91.8 Å². The summed E-state index contributed by atoms with van der Waals surface area (Å²) in [5, 5.41) is 8.77. The number of ether oxygens (including phenoxy) is 1. The molecule has 1 aromatic rings. The van der Waals surface area contributed by atoms with Crippen LogP contribution in [0, 0.1) is 11.3 Å². The Bertz CT molecular complexity index is 360. The van der Waals surface area contributed by atoms with Gasteiger partial charge in [0.1, 0.15) is 6.07 Å². The predicted molar refractivity (Wildman–Crippen MR) is 57.0 cm³/mol. The van der Waals surface area contributed by atoms with Gasteiger partial charge in [-0.05, 0) is 35.3 Å². The van der Waals surface area contributed by atoms with Crippen LogP contribution in [0.3, 0.4) is 0 Å². The number of aromatic nitrogens is 1. The molecule has 3 nitrogen and oxygen atoms in total. The summed E-state index contributed by atoms with van der Waals surface area (Å²) in [5.74, 6) is 0.485. The van der Waals surface area contributed by atoms with Crippen molar-refractivity contribution in [3.8, 4) is 11.9 Å². The summed E-state index contributed by atoms with van der Waals surface area (Å²) in [4.78, 5) is 4.05. The number of nitriles is 1. The molecular weight excluding hydrogens is 244 g/mol. The second kappa shape index (κ2) is 4.97. The minimum Gasteiger partial charge on any atom is -0.474 e. The highest BCUT2D eigenvalue weighted by atomic mass is 79.9. The topological polar surface area (TPSA) is 45.9 Å². The van der Waals surface area contributed by atoms with E-state index in [0.717, 1.165) is 6.42 Å². The van der Waals surface area contributed by atoms with E-state index in [-0.39, 0.29) is 6.10 Å². The molecule has 0 radical (unpaired) electrons. The van der Waals surface area contributed by atoms with Gasteiger partial charge < -0.3 is 4.74 Å². The number of pyridine rings is 1. The third-order valence-electron chi connectivity index (χ3n) is 1.87. The highest BCUT2D eigenvalue weighted by Gasteiger charge is 2.10. The summed E-state index contributed by atoms with van der Waals surface area (Å²) >= 11 is 3.29. The van der Waals surface area contributed by atoms with Crippen molar-refractivity contribution in [2.75, 3.05) is 0 Å². The standard InChI is InChI=1S/C10H11BrN2O/c1-3-7(2)14-10-9(11)8(6-12)4-5-13-10/h4-5,7H,3H2,1-2H3. The molecule has 0 aliphatic carbocycles. The highest BCUT2D eigenvalue weighted by molar-refractivity contribution is 9.10. The van der Waals surface area contributed by atoms with Gasteiger partial charge in [-0.2, -0.15) is 5.26 Å². The lowest BCUT2D eigenvalue weighted by atomic mass is 10.3. The van der Waals surface area contributed by atoms with Crippen LogP contribution in [-0.2, 0) is 0 Å². The van der Waals surface area contributed by atoms with Crippen LogP contribution in [0.2, 0.25) is 0 Å². The second-order valence-electron chi connectivity index (χ2n) is 2.93. The maximum Gasteiger partial charge on any atom is 0.229 e. The van der Waals surface area contributed by atoms with Crippen LogP contribution in [0.5, 0.6) is 5.88 Å². The largest absolute Gasteiger partial charge is 0.474 e. The zero-order valence-corrected chi connectivity index (χ0v) is 9.71. The lowest BCUT2D eigenvalue weighted by Gasteiger charge is -2.12. The van der Waals surface area contributed by atoms with Crippen LogP contribution in [0.4, 0.5) is 0 Å². The third kappa shape index (κ3) is 2.46. The van der Waals surface area contributed by atoms with Crippen molar-refractivity contribution in [1.82, 2.24) is 4.98 Å². The smallest absolute Gasteiger partial charge is 0.229 e. The summed E-state index contributed by atoms with van der Waals surface area (Å²) < 4.78 is 6.16. The van der Waals surface area contributed by atoms with Gasteiger partial charge in [0.05, 0.1) is 16.1 Å². The maximum absolute atomic E-state index is 8.77. The van der Waals surface area contributed by atoms with Gasteiger partial charge in [0.2, 0.25) is 5.88 Å². The van der Waals surface area contributed by atoms with Crippen LogP contribution in [0.25, 0.3) is 0 Å². The molecule has 0 N–H and O–H groups in total. The van der Waals surface area contributed by atoms with E-state index in [0.29, 0.717) is 15.9 Å². The van der Waals surface area contributed by atoms with Crippen LogP contribution in [0.1, 0.15) is 25.8 Å². The van der Waals surface area contributed by atoms with E-state index < -0.39 is 0 Å². The fourth-order valence-electron chi connectivity index (χ4n) is 0.867. The molecule has 1 unspecified atom stereocenters. The van der Waals surface area contributed by atoms with Crippen molar-refractivity contribution in [2.24, 2.45) is 0 Å². The first-order chi connectivity index (χ1) is 6.69. The molecule has 0 aliphatic rings. The fourth-order valence-corrected chi connectivity index (χ4v) is 1.28. The predicted octanol–water partition coefficient (Wildman–Crippen LogP) is 2.89. The van der Waals surface area contributed by atoms with E-state index in [1.54, 1.807) is 12.3 Å². The van der Waals surface area contributed by atoms with Crippen molar-refractivity contribution in [3.63, 3.8) is 0 Å². The first-order valence-corrected chi connectivity index (χ1v) is 5.19. The Balaban J connectivity index is 2.94. The zero-order chi connectivity index (χ0) is 10.6. The Hall–Kier alpha value is -1.08. The van der Waals surface area contributed by atoms with E-state index >= 15 is 0 Å². The Morgan fingerprint density at radius 1 is 1.71 bits per heavy atom. The molecule has 74 valence electrons. The van der Waals surface area contributed by atoms with Crippen molar-refractivity contribution in [3.05, 3.63) is 22.3 Å². The molecule has 1 atom stereocenters. The summed E-state index contributed by atoms with van der Waals surface area (Å²) in [6, 6.07) is 3.71. The van der Waals surface area contributed by atoms with E-state index in [1.807, 2.05) is 13.8 Å². The van der Waals surface area contributed by atoms with Gasteiger partial charge >= 0.3 is 0 Å². The minimum absolute atomic E-state index is 0.104. The average Bonchev–Trinajstić information content (AvgIpc) is 2.21. The summed E-state index contributed by atoms with van der Waals surface area (Å²) in [5.41, 5.74) is 0.540. The Morgan fingerprint density at radius 3 is 3.00 bits per heavy atom. The number of nitrogens with zero attached hydrogens (tertiary/aromatic N) is 2. The van der Waals surface area contributed by atoms with E-state index in [9.17, 15) is 0 Å². The molecule has 14 heavy (non-hydrogen) atoms. The van der Waals surface area contributed by atoms with Crippen LogP contribution in [0.15, 0.2) is 16.7 Å². The summed E-state index contributed by atoms with van der Waals surface area (Å²) in [7, 11) is 0. The van der Waals surface area contributed by atoms with E-state index in [4.69, 9.17) is 10.00 Å². The monoisotopic (exact) mass is 254 g/mol. The lowest BCUT2D eigenvalue weighted by molar-refractivity contribution is 0.207. The Kier molecular flexibility index (Phi) is 3.90. The number of halogens is 1. The SMILES string of the molecule is CCC(C)Oc1nccc(C#N)c1Br. The quantitative estimate of drug-likeness (QED) is 0.834. The van der Waals surface area contributed by atoms with Gasteiger partial charge in [0.25, 0.3) is 0 Å². The lowest BCUT2D eigenvalue weighted by Crippen LogP contribution is -2.11. The molecule has 4 heteroatoms. The molecule has 1 rings (SSSR count). The molecule has 0 bridgehead atoms. The molecule has 0 aromatic carbocycles. The highest BCUT2D eigenvalue weighted by Crippen LogP contribution is 2.26. The molecule has 0 fully saturated rings. The summed E-state index contributed by atoms with van der Waals surface area (Å²) in [6.45, 7) is 4.00. The average molecular weight is 255 g/mol. The molecule has 0 aliphatic heterocycles. The van der Waals surface area contributed by atoms with Crippen molar-refractivity contribution < 1.29 is 4.74 Å². The molecule has 1 heterocycles.